The van der Waals surface area contributed by atoms with Crippen molar-refractivity contribution in [3.8, 4) is 0 Å². The number of alkyl halides is 1. The molecule has 1 atom stereocenters. The molecule has 0 radical (unpaired) electrons. The molecule has 0 bridgehead atoms. The second-order valence-electron chi connectivity index (χ2n) is 5.95. The van der Waals surface area contributed by atoms with Crippen LogP contribution in [0.2, 0.25) is 0 Å². The van der Waals surface area contributed by atoms with E-state index in [9.17, 15) is 4.39 Å². The van der Waals surface area contributed by atoms with Gasteiger partial charge < -0.3 is 4.57 Å². The zero-order chi connectivity index (χ0) is 14.1. The third-order valence-electron chi connectivity index (χ3n) is 4.28. The predicted octanol–water partition coefficient (Wildman–Crippen LogP) is 3.38. The third kappa shape index (κ3) is 2.33. The van der Waals surface area contributed by atoms with E-state index < -0.39 is 0 Å². The molecule has 0 aromatic carbocycles. The molecule has 3 nitrogen and oxygen atoms in total. The van der Waals surface area contributed by atoms with Crippen molar-refractivity contribution in [1.82, 2.24) is 14.5 Å². The number of hydrogen-bond acceptors (Lipinski definition) is 2. The normalized spacial score (nSPS) is 20.3. The van der Waals surface area contributed by atoms with Crippen molar-refractivity contribution in [2.24, 2.45) is 0 Å². The Morgan fingerprint density at radius 2 is 2.30 bits per heavy atom. The maximum atomic E-state index is 12.5. The Morgan fingerprint density at radius 3 is 3.05 bits per heavy atom. The Labute approximate surface area is 119 Å². The zero-order valence-corrected chi connectivity index (χ0v) is 12.2. The van der Waals surface area contributed by atoms with Gasteiger partial charge in [0.1, 0.15) is 12.3 Å². The number of halogens is 1. The van der Waals surface area contributed by atoms with Gasteiger partial charge in [0.25, 0.3) is 0 Å². The third-order valence-corrected chi connectivity index (χ3v) is 4.28. The fourth-order valence-corrected chi connectivity index (χ4v) is 3.21. The van der Waals surface area contributed by atoms with E-state index in [1.165, 1.54) is 10.9 Å². The maximum absolute atomic E-state index is 12.5. The van der Waals surface area contributed by atoms with Gasteiger partial charge in [0.2, 0.25) is 0 Å². The average molecular weight is 275 g/mol. The van der Waals surface area contributed by atoms with Crippen LogP contribution in [0.3, 0.4) is 0 Å². The Kier molecular flexibility index (Phi) is 3.74. The fourth-order valence-electron chi connectivity index (χ4n) is 3.21. The highest BCUT2D eigenvalue weighted by atomic mass is 19.1. The summed E-state index contributed by atoms with van der Waals surface area (Å²) in [6.45, 7) is 6.65. The van der Waals surface area contributed by atoms with E-state index in [1.54, 1.807) is 0 Å². The predicted molar refractivity (Wildman–Crippen MR) is 79.9 cm³/mol. The second-order valence-corrected chi connectivity index (χ2v) is 5.95. The average Bonchev–Trinajstić information content (AvgIpc) is 3.03. The van der Waals surface area contributed by atoms with E-state index in [-0.39, 0.29) is 6.67 Å². The molecule has 1 aliphatic rings. The largest absolute Gasteiger partial charge is 0.328 e. The molecule has 0 N–H and O–H groups in total. The van der Waals surface area contributed by atoms with Crippen molar-refractivity contribution in [2.45, 2.75) is 32.2 Å². The molecular weight excluding hydrogens is 253 g/mol. The molecule has 1 saturated heterocycles. The summed E-state index contributed by atoms with van der Waals surface area (Å²) >= 11 is 0. The number of pyridine rings is 1. The van der Waals surface area contributed by atoms with Gasteiger partial charge in [-0.2, -0.15) is 0 Å². The van der Waals surface area contributed by atoms with Gasteiger partial charge in [0.05, 0.1) is 0 Å². The van der Waals surface area contributed by atoms with Gasteiger partial charge in [-0.05, 0) is 30.0 Å². The molecule has 108 valence electrons. The minimum atomic E-state index is -0.255. The lowest BCUT2D eigenvalue weighted by Crippen LogP contribution is -2.23. The lowest BCUT2D eigenvalue weighted by atomic mass is 10.0. The minimum Gasteiger partial charge on any atom is -0.328 e. The molecule has 1 fully saturated rings. The van der Waals surface area contributed by atoms with Gasteiger partial charge in [-0.3, -0.25) is 4.90 Å². The highest BCUT2D eigenvalue weighted by Gasteiger charge is 2.25. The minimum absolute atomic E-state index is 0.255. The summed E-state index contributed by atoms with van der Waals surface area (Å²) in [6.07, 6.45) is 5.20. The molecule has 20 heavy (non-hydrogen) atoms. The van der Waals surface area contributed by atoms with E-state index in [4.69, 9.17) is 0 Å². The van der Waals surface area contributed by atoms with Crippen LogP contribution in [0.4, 0.5) is 4.39 Å². The summed E-state index contributed by atoms with van der Waals surface area (Å²) < 4.78 is 14.8. The first-order valence-electron chi connectivity index (χ1n) is 7.44. The summed E-state index contributed by atoms with van der Waals surface area (Å²) in [6, 6.07) is 4.58. The van der Waals surface area contributed by atoms with Crippen LogP contribution in [-0.2, 0) is 0 Å². The fraction of sp³-hybridized carbons (Fsp3) is 0.562. The smallest absolute Gasteiger partial charge is 0.140 e. The van der Waals surface area contributed by atoms with Crippen LogP contribution in [0.1, 0.15) is 37.8 Å². The molecular formula is C16H22FN3. The topological polar surface area (TPSA) is 21.1 Å². The van der Waals surface area contributed by atoms with Crippen molar-refractivity contribution in [1.29, 1.82) is 0 Å². The van der Waals surface area contributed by atoms with E-state index >= 15 is 0 Å². The van der Waals surface area contributed by atoms with Crippen LogP contribution in [-0.4, -0.2) is 40.8 Å². The van der Waals surface area contributed by atoms with Crippen LogP contribution in [0.5, 0.6) is 0 Å². The first-order valence-corrected chi connectivity index (χ1v) is 7.44. The lowest BCUT2D eigenvalue weighted by Gasteiger charge is -2.15. The zero-order valence-electron chi connectivity index (χ0n) is 12.2. The van der Waals surface area contributed by atoms with E-state index in [1.807, 2.05) is 12.3 Å². The van der Waals surface area contributed by atoms with Crippen molar-refractivity contribution < 1.29 is 4.39 Å². The molecule has 0 spiro atoms. The molecule has 0 saturated carbocycles. The molecule has 1 unspecified atom stereocenters. The molecule has 0 aliphatic carbocycles. The molecule has 0 amide bonds. The van der Waals surface area contributed by atoms with E-state index in [0.717, 1.165) is 25.2 Å². The van der Waals surface area contributed by atoms with Crippen LogP contribution in [0, 0.1) is 0 Å². The highest BCUT2D eigenvalue weighted by Crippen LogP contribution is 2.31. The van der Waals surface area contributed by atoms with Gasteiger partial charge in [-0.25, -0.2) is 9.37 Å². The molecule has 3 heterocycles. The summed E-state index contributed by atoms with van der Waals surface area (Å²) in [7, 11) is 0. The molecule has 1 aliphatic heterocycles. The number of likely N-dealkylation sites (tertiary alicyclic amines) is 1. The van der Waals surface area contributed by atoms with Gasteiger partial charge in [0.15, 0.2) is 0 Å². The quantitative estimate of drug-likeness (QED) is 0.853. The maximum Gasteiger partial charge on any atom is 0.140 e. The first kappa shape index (κ1) is 13.6. The Balaban J connectivity index is 1.96. The van der Waals surface area contributed by atoms with Crippen LogP contribution < -0.4 is 0 Å². The summed E-state index contributed by atoms with van der Waals surface area (Å²) in [4.78, 5) is 6.77. The number of fused-ring (bicyclic) bond motifs is 1. The Bertz CT molecular complexity index is 590. The lowest BCUT2D eigenvalue weighted by molar-refractivity contribution is 0.288. The molecule has 2 aromatic heterocycles. The van der Waals surface area contributed by atoms with Crippen molar-refractivity contribution in [3.63, 3.8) is 0 Å². The molecule has 3 rings (SSSR count). The van der Waals surface area contributed by atoms with Crippen LogP contribution in [0.25, 0.3) is 11.0 Å². The number of rotatable bonds is 4. The SMILES string of the molecule is CC(C)c1cn(C2CCN(CCF)C2)c2ncccc12. The summed E-state index contributed by atoms with van der Waals surface area (Å²) in [5.41, 5.74) is 2.43. The van der Waals surface area contributed by atoms with Gasteiger partial charge >= 0.3 is 0 Å². The van der Waals surface area contributed by atoms with Crippen LogP contribution in [0.15, 0.2) is 24.5 Å². The number of hydrogen-bond donors (Lipinski definition) is 0. The van der Waals surface area contributed by atoms with E-state index in [2.05, 4.69) is 40.6 Å². The van der Waals surface area contributed by atoms with Crippen molar-refractivity contribution in [2.75, 3.05) is 26.3 Å². The second kappa shape index (κ2) is 5.52. The Morgan fingerprint density at radius 1 is 1.45 bits per heavy atom. The van der Waals surface area contributed by atoms with Crippen LogP contribution >= 0.6 is 0 Å². The summed E-state index contributed by atoms with van der Waals surface area (Å²) in [5.74, 6) is 0.492. The monoisotopic (exact) mass is 275 g/mol. The van der Waals surface area contributed by atoms with Gasteiger partial charge in [0, 0.05) is 43.5 Å². The number of nitrogens with zero attached hydrogens (tertiary/aromatic N) is 3. The molecule has 4 heteroatoms. The van der Waals surface area contributed by atoms with E-state index in [0.29, 0.717) is 18.5 Å². The standard InChI is InChI=1S/C16H22FN3/c1-12(2)15-11-20(16-14(15)4-3-7-18-16)13-5-8-19(10-13)9-6-17/h3-4,7,11-13H,5-6,8-10H2,1-2H3. The van der Waals surface area contributed by atoms with Crippen molar-refractivity contribution >= 4 is 11.0 Å². The Hall–Kier alpha value is -1.42. The first-order chi connectivity index (χ1) is 9.70. The molecule has 2 aromatic rings. The highest BCUT2D eigenvalue weighted by molar-refractivity contribution is 5.81. The van der Waals surface area contributed by atoms with Gasteiger partial charge in [-0.15, -0.1) is 0 Å². The number of aromatic nitrogens is 2. The summed E-state index contributed by atoms with van der Waals surface area (Å²) in [5, 5.41) is 1.26. The van der Waals surface area contributed by atoms with Crippen molar-refractivity contribution in [3.05, 3.63) is 30.1 Å². The van der Waals surface area contributed by atoms with Gasteiger partial charge in [-0.1, -0.05) is 13.8 Å².